The zero-order valence-corrected chi connectivity index (χ0v) is 10.9. The van der Waals surface area contributed by atoms with Crippen molar-refractivity contribution < 1.29 is 29.3 Å². The first-order valence-corrected chi connectivity index (χ1v) is 5.97. The number of phenolic OH excluding ortho intramolecular Hbond substituents is 1. The number of aliphatic hydroxyl groups is 1. The Hall–Kier alpha value is -2.34. The van der Waals surface area contributed by atoms with Crippen molar-refractivity contribution in [2.24, 2.45) is 0 Å². The van der Waals surface area contributed by atoms with Crippen LogP contribution in [0, 0.1) is 6.92 Å². The first-order valence-electron chi connectivity index (χ1n) is 5.97. The molecule has 1 aliphatic carbocycles. The number of carbonyl (C=O) groups excluding carboxylic acids is 2. The van der Waals surface area contributed by atoms with Crippen molar-refractivity contribution in [3.05, 3.63) is 40.2 Å². The average Bonchev–Trinajstić information content (AvgIpc) is 2.39. The van der Waals surface area contributed by atoms with Gasteiger partial charge in [0, 0.05) is 17.2 Å². The van der Waals surface area contributed by atoms with Gasteiger partial charge in [-0.15, -0.1) is 0 Å². The Kier molecular flexibility index (Phi) is 2.43. The molecule has 104 valence electrons. The number of ketones is 1. The molecule has 1 heterocycles. The van der Waals surface area contributed by atoms with E-state index in [2.05, 4.69) is 0 Å². The molecule has 1 aromatic rings. The van der Waals surface area contributed by atoms with Gasteiger partial charge in [-0.25, -0.2) is 4.79 Å². The minimum absolute atomic E-state index is 0.00579. The van der Waals surface area contributed by atoms with Crippen LogP contribution in [0.2, 0.25) is 0 Å². The number of ether oxygens (including phenoxy) is 2. The Balaban J connectivity index is 2.45. The van der Waals surface area contributed by atoms with Crippen molar-refractivity contribution in [2.45, 2.75) is 12.5 Å². The third-order valence-electron chi connectivity index (χ3n) is 3.67. The van der Waals surface area contributed by atoms with Crippen LogP contribution in [0.1, 0.15) is 31.8 Å². The van der Waals surface area contributed by atoms with Crippen LogP contribution in [0.3, 0.4) is 0 Å². The highest BCUT2D eigenvalue weighted by atomic mass is 16.6. The second kappa shape index (κ2) is 3.83. The zero-order valence-electron chi connectivity index (χ0n) is 10.9. The number of hydrogen-bond donors (Lipinski definition) is 2. The molecule has 0 aromatic heterocycles. The maximum atomic E-state index is 12.2. The lowest BCUT2D eigenvalue weighted by Crippen LogP contribution is -2.45. The Morgan fingerprint density at radius 3 is 2.70 bits per heavy atom. The number of allylic oxidation sites excluding steroid dienone is 1. The molecule has 2 aliphatic rings. The summed E-state index contributed by atoms with van der Waals surface area (Å²) in [4.78, 5) is 24.0. The Morgan fingerprint density at radius 1 is 1.35 bits per heavy atom. The van der Waals surface area contributed by atoms with Gasteiger partial charge in [0.15, 0.2) is 11.4 Å². The van der Waals surface area contributed by atoms with Crippen molar-refractivity contribution in [1.29, 1.82) is 0 Å². The Bertz CT molecular complexity index is 687. The van der Waals surface area contributed by atoms with E-state index in [1.807, 2.05) is 0 Å². The Labute approximate surface area is 114 Å². The van der Waals surface area contributed by atoms with Crippen molar-refractivity contribution in [2.75, 3.05) is 13.7 Å². The molecule has 2 N–H and O–H groups in total. The maximum absolute atomic E-state index is 12.2. The number of methoxy groups -OCH3 is 1. The highest BCUT2D eigenvalue weighted by molar-refractivity contribution is 6.12. The fourth-order valence-electron chi connectivity index (χ4n) is 2.78. The van der Waals surface area contributed by atoms with Crippen LogP contribution in [-0.4, -0.2) is 35.7 Å². The maximum Gasteiger partial charge on any atom is 0.342 e. The zero-order chi connectivity index (χ0) is 14.7. The van der Waals surface area contributed by atoms with E-state index in [1.165, 1.54) is 19.3 Å². The first-order chi connectivity index (χ1) is 9.40. The summed E-state index contributed by atoms with van der Waals surface area (Å²) in [5.41, 5.74) is -1.18. The molecule has 0 bridgehead atoms. The predicted molar refractivity (Wildman–Crippen MR) is 66.4 cm³/mol. The molecule has 0 radical (unpaired) electrons. The van der Waals surface area contributed by atoms with Crippen LogP contribution < -0.4 is 0 Å². The van der Waals surface area contributed by atoms with Crippen LogP contribution in [0.5, 0.6) is 5.75 Å². The van der Waals surface area contributed by atoms with Gasteiger partial charge < -0.3 is 19.7 Å². The number of phenols is 1. The fraction of sp³-hybridized carbons (Fsp3) is 0.286. The van der Waals surface area contributed by atoms with Gasteiger partial charge in [0.25, 0.3) is 0 Å². The fourth-order valence-corrected chi connectivity index (χ4v) is 2.78. The second-order valence-electron chi connectivity index (χ2n) is 4.85. The van der Waals surface area contributed by atoms with Crippen molar-refractivity contribution in [1.82, 2.24) is 0 Å². The summed E-state index contributed by atoms with van der Waals surface area (Å²) in [6.07, 6.45) is 1.18. The summed E-state index contributed by atoms with van der Waals surface area (Å²) in [6, 6.07) is 1.31. The minimum atomic E-state index is -1.75. The first kappa shape index (κ1) is 12.7. The van der Waals surface area contributed by atoms with Crippen molar-refractivity contribution in [3.63, 3.8) is 0 Å². The molecule has 0 unspecified atom stereocenters. The monoisotopic (exact) mass is 276 g/mol. The van der Waals surface area contributed by atoms with Gasteiger partial charge in [-0.1, -0.05) is 0 Å². The highest BCUT2D eigenvalue weighted by Crippen LogP contribution is 2.45. The van der Waals surface area contributed by atoms with Gasteiger partial charge in [-0.2, -0.15) is 0 Å². The summed E-state index contributed by atoms with van der Waals surface area (Å²) >= 11 is 0. The standard InChI is InChI=1S/C14H12O6/c1-6-3-7(15)11-12-10(6)8(16)4-9(19-2)14(12,18)5-20-13(11)17/h3-4,15,18H,5H2,1-2H3/t14-/m1/s1. The summed E-state index contributed by atoms with van der Waals surface area (Å²) in [5, 5.41) is 20.7. The lowest BCUT2D eigenvalue weighted by molar-refractivity contribution is -0.0521. The number of carbonyl (C=O) groups is 2. The van der Waals surface area contributed by atoms with E-state index in [-0.39, 0.29) is 40.6 Å². The number of aromatic hydroxyl groups is 1. The highest BCUT2D eigenvalue weighted by Gasteiger charge is 2.50. The van der Waals surface area contributed by atoms with Gasteiger partial charge in [-0.3, -0.25) is 4.79 Å². The van der Waals surface area contributed by atoms with Gasteiger partial charge in [-0.05, 0) is 18.6 Å². The number of benzene rings is 1. The molecule has 6 nitrogen and oxygen atoms in total. The molecule has 0 spiro atoms. The average molecular weight is 276 g/mol. The third-order valence-corrected chi connectivity index (χ3v) is 3.67. The Morgan fingerprint density at radius 2 is 2.05 bits per heavy atom. The molecule has 0 amide bonds. The van der Waals surface area contributed by atoms with Crippen LogP contribution in [0.4, 0.5) is 0 Å². The van der Waals surface area contributed by atoms with Crippen LogP contribution in [-0.2, 0) is 15.1 Å². The third kappa shape index (κ3) is 1.36. The van der Waals surface area contributed by atoms with Crippen LogP contribution >= 0.6 is 0 Å². The summed E-state index contributed by atoms with van der Waals surface area (Å²) in [5.74, 6) is -1.48. The minimum Gasteiger partial charge on any atom is -0.507 e. The second-order valence-corrected chi connectivity index (χ2v) is 4.85. The molecule has 0 saturated carbocycles. The molecular formula is C14H12O6. The largest absolute Gasteiger partial charge is 0.507 e. The molecule has 0 fully saturated rings. The number of esters is 1. The normalized spacial score (nSPS) is 23.9. The number of cyclic esters (lactones) is 1. The molecule has 6 heteroatoms. The lowest BCUT2D eigenvalue weighted by atomic mass is 9.76. The molecule has 3 rings (SSSR count). The molecule has 1 aliphatic heterocycles. The van der Waals surface area contributed by atoms with Crippen LogP contribution in [0.15, 0.2) is 17.9 Å². The molecule has 20 heavy (non-hydrogen) atoms. The SMILES string of the molecule is COC1=CC(=O)c2c(C)cc(O)c3c2[C@@]1(O)COC3=O. The summed E-state index contributed by atoms with van der Waals surface area (Å²) in [7, 11) is 1.31. The van der Waals surface area contributed by atoms with E-state index in [4.69, 9.17) is 9.47 Å². The lowest BCUT2D eigenvalue weighted by Gasteiger charge is -2.38. The number of aryl methyl sites for hydroxylation is 1. The van der Waals surface area contributed by atoms with E-state index in [0.717, 1.165) is 0 Å². The van der Waals surface area contributed by atoms with E-state index >= 15 is 0 Å². The topological polar surface area (TPSA) is 93.1 Å². The summed E-state index contributed by atoms with van der Waals surface area (Å²) in [6.45, 7) is 1.26. The predicted octanol–water partition coefficient (Wildman–Crippen LogP) is 0.785. The molecular weight excluding hydrogens is 264 g/mol. The van der Waals surface area contributed by atoms with Gasteiger partial charge in [0.2, 0.25) is 0 Å². The van der Waals surface area contributed by atoms with E-state index < -0.39 is 11.6 Å². The number of hydrogen-bond acceptors (Lipinski definition) is 6. The molecule has 0 saturated heterocycles. The van der Waals surface area contributed by atoms with Crippen LogP contribution in [0.25, 0.3) is 0 Å². The van der Waals surface area contributed by atoms with Crippen molar-refractivity contribution >= 4 is 11.8 Å². The number of rotatable bonds is 1. The van der Waals surface area contributed by atoms with Gasteiger partial charge in [0.05, 0.1) is 7.11 Å². The van der Waals surface area contributed by atoms with E-state index in [0.29, 0.717) is 5.56 Å². The quantitative estimate of drug-likeness (QED) is 0.736. The van der Waals surface area contributed by atoms with E-state index in [9.17, 15) is 19.8 Å². The van der Waals surface area contributed by atoms with Gasteiger partial charge in [0.1, 0.15) is 23.7 Å². The molecule has 1 aromatic carbocycles. The van der Waals surface area contributed by atoms with Crippen molar-refractivity contribution in [3.8, 4) is 5.75 Å². The molecule has 1 atom stereocenters. The van der Waals surface area contributed by atoms with Gasteiger partial charge >= 0.3 is 5.97 Å². The van der Waals surface area contributed by atoms with E-state index in [1.54, 1.807) is 6.92 Å². The smallest absolute Gasteiger partial charge is 0.342 e. The summed E-state index contributed by atoms with van der Waals surface area (Å²) < 4.78 is 9.95.